The van der Waals surface area contributed by atoms with Gasteiger partial charge in [-0.1, -0.05) is 29.8 Å². The van der Waals surface area contributed by atoms with E-state index in [1.807, 2.05) is 29.7 Å². The number of fused-ring (bicyclic) bond motifs is 3. The Kier molecular flexibility index (Phi) is 4.40. The van der Waals surface area contributed by atoms with Crippen molar-refractivity contribution in [2.75, 3.05) is 6.54 Å². The predicted octanol–water partition coefficient (Wildman–Crippen LogP) is 3.89. The molecule has 6 heteroatoms. The lowest BCUT2D eigenvalue weighted by molar-refractivity contribution is -0.137. The number of halogens is 1. The summed E-state index contributed by atoms with van der Waals surface area (Å²) in [4.78, 5) is 26.1. The van der Waals surface area contributed by atoms with Crippen LogP contribution < -0.4 is 0 Å². The molecule has 1 N–H and O–H groups in total. The van der Waals surface area contributed by atoms with Crippen LogP contribution in [0.3, 0.4) is 0 Å². The molecule has 5 nitrogen and oxygen atoms in total. The lowest BCUT2D eigenvalue weighted by atomic mass is 10.0. The van der Waals surface area contributed by atoms with Crippen LogP contribution >= 0.6 is 11.6 Å². The number of carboxylic acids is 1. The Hall–Kier alpha value is -2.79. The molecular weight excluding hydrogens is 364 g/mol. The van der Waals surface area contributed by atoms with Crippen LogP contribution in [-0.2, 0) is 24.3 Å². The van der Waals surface area contributed by atoms with Crippen molar-refractivity contribution in [2.24, 2.45) is 0 Å². The largest absolute Gasteiger partial charge is 0.480 e. The first-order chi connectivity index (χ1) is 12.9. The van der Waals surface area contributed by atoms with E-state index in [0.717, 1.165) is 27.7 Å². The standard InChI is InChI=1S/C21H19ClN2O3/c1-13-5-6-16-17-11-23(21(27)14-3-2-4-15(22)10-14)8-7-18(17)24(12-20(25)26)19(16)9-13/h2-6,9-10H,7-8,11-12H2,1H3,(H,25,26). The molecule has 0 aliphatic carbocycles. The highest BCUT2D eigenvalue weighted by Gasteiger charge is 2.27. The van der Waals surface area contributed by atoms with Gasteiger partial charge in [0.2, 0.25) is 0 Å². The number of carbonyl (C=O) groups excluding carboxylic acids is 1. The summed E-state index contributed by atoms with van der Waals surface area (Å²) in [5.74, 6) is -0.928. The van der Waals surface area contributed by atoms with Gasteiger partial charge in [0.05, 0.1) is 0 Å². The molecule has 0 bridgehead atoms. The molecule has 1 aliphatic rings. The second-order valence-corrected chi connectivity index (χ2v) is 7.35. The summed E-state index contributed by atoms with van der Waals surface area (Å²) in [5, 5.41) is 10.9. The number of hydrogen-bond donors (Lipinski definition) is 1. The number of aryl methyl sites for hydroxylation is 1. The molecule has 0 saturated heterocycles. The Bertz CT molecular complexity index is 1070. The third kappa shape index (κ3) is 3.19. The number of nitrogens with zero attached hydrogens (tertiary/aromatic N) is 2. The molecule has 0 radical (unpaired) electrons. The summed E-state index contributed by atoms with van der Waals surface area (Å²) in [6.45, 7) is 2.93. The van der Waals surface area contributed by atoms with E-state index in [4.69, 9.17) is 11.6 Å². The van der Waals surface area contributed by atoms with E-state index in [2.05, 4.69) is 0 Å². The molecule has 4 rings (SSSR count). The SMILES string of the molecule is Cc1ccc2c3c(n(CC(=O)O)c2c1)CCN(C(=O)c1cccc(Cl)c1)C3. The van der Waals surface area contributed by atoms with Gasteiger partial charge in [-0.15, -0.1) is 0 Å². The summed E-state index contributed by atoms with van der Waals surface area (Å²) < 4.78 is 1.88. The molecule has 0 spiro atoms. The number of hydrogen-bond acceptors (Lipinski definition) is 2. The van der Waals surface area contributed by atoms with Gasteiger partial charge in [-0.3, -0.25) is 9.59 Å². The number of aromatic nitrogens is 1. The first kappa shape index (κ1) is 17.6. The van der Waals surface area contributed by atoms with Crippen LogP contribution in [0.1, 0.15) is 27.2 Å². The molecule has 1 aromatic heterocycles. The number of carboxylic acid groups (broad SMARTS) is 1. The molecule has 3 aromatic rings. The molecule has 0 atom stereocenters. The number of carbonyl (C=O) groups is 2. The number of benzene rings is 2. The minimum atomic E-state index is -0.867. The molecule has 1 amide bonds. The average Bonchev–Trinajstić information content (AvgIpc) is 2.93. The molecular formula is C21H19ClN2O3. The third-order valence-electron chi connectivity index (χ3n) is 5.06. The second-order valence-electron chi connectivity index (χ2n) is 6.91. The van der Waals surface area contributed by atoms with Gasteiger partial charge in [-0.2, -0.15) is 0 Å². The van der Waals surface area contributed by atoms with Crippen LogP contribution in [-0.4, -0.2) is 33.0 Å². The van der Waals surface area contributed by atoms with Crippen LogP contribution in [0, 0.1) is 6.92 Å². The van der Waals surface area contributed by atoms with E-state index >= 15 is 0 Å². The van der Waals surface area contributed by atoms with Gasteiger partial charge in [0.1, 0.15) is 6.54 Å². The number of rotatable bonds is 3. The molecule has 2 heterocycles. The van der Waals surface area contributed by atoms with Gasteiger partial charge in [0, 0.05) is 52.3 Å². The highest BCUT2D eigenvalue weighted by Crippen LogP contribution is 2.32. The Morgan fingerprint density at radius 3 is 2.74 bits per heavy atom. The minimum Gasteiger partial charge on any atom is -0.480 e. The predicted molar refractivity (Wildman–Crippen MR) is 104 cm³/mol. The van der Waals surface area contributed by atoms with Crippen molar-refractivity contribution < 1.29 is 14.7 Å². The van der Waals surface area contributed by atoms with Crippen molar-refractivity contribution in [3.05, 3.63) is 69.9 Å². The monoisotopic (exact) mass is 382 g/mol. The molecule has 0 unspecified atom stereocenters. The van der Waals surface area contributed by atoms with Crippen molar-refractivity contribution in [1.82, 2.24) is 9.47 Å². The van der Waals surface area contributed by atoms with E-state index in [1.165, 1.54) is 0 Å². The second kappa shape index (κ2) is 6.74. The first-order valence-corrected chi connectivity index (χ1v) is 9.19. The minimum absolute atomic E-state index is 0.0607. The highest BCUT2D eigenvalue weighted by molar-refractivity contribution is 6.30. The van der Waals surface area contributed by atoms with E-state index in [9.17, 15) is 14.7 Å². The van der Waals surface area contributed by atoms with Crippen molar-refractivity contribution in [3.63, 3.8) is 0 Å². The smallest absolute Gasteiger partial charge is 0.323 e. The van der Waals surface area contributed by atoms with Crippen molar-refractivity contribution in [2.45, 2.75) is 26.4 Å². The van der Waals surface area contributed by atoms with Crippen LogP contribution in [0.5, 0.6) is 0 Å². The van der Waals surface area contributed by atoms with E-state index in [-0.39, 0.29) is 12.5 Å². The maximum absolute atomic E-state index is 12.9. The van der Waals surface area contributed by atoms with Gasteiger partial charge in [0.15, 0.2) is 0 Å². The zero-order valence-corrected chi connectivity index (χ0v) is 15.7. The van der Waals surface area contributed by atoms with Crippen LogP contribution in [0.25, 0.3) is 10.9 Å². The molecule has 27 heavy (non-hydrogen) atoms. The van der Waals surface area contributed by atoms with Gasteiger partial charge >= 0.3 is 5.97 Å². The Balaban J connectivity index is 1.75. The quantitative estimate of drug-likeness (QED) is 0.747. The van der Waals surface area contributed by atoms with Crippen LogP contribution in [0.4, 0.5) is 0 Å². The summed E-state index contributed by atoms with van der Waals surface area (Å²) in [7, 11) is 0. The van der Waals surface area contributed by atoms with Gasteiger partial charge in [0.25, 0.3) is 5.91 Å². The fourth-order valence-corrected chi connectivity index (χ4v) is 4.04. The number of amides is 1. The van der Waals surface area contributed by atoms with Gasteiger partial charge < -0.3 is 14.6 Å². The fraction of sp³-hybridized carbons (Fsp3) is 0.238. The molecule has 0 saturated carbocycles. The average molecular weight is 383 g/mol. The topological polar surface area (TPSA) is 62.5 Å². The Morgan fingerprint density at radius 2 is 2.00 bits per heavy atom. The molecule has 0 fully saturated rings. The van der Waals surface area contributed by atoms with Crippen LogP contribution in [0.15, 0.2) is 42.5 Å². The van der Waals surface area contributed by atoms with Crippen molar-refractivity contribution in [1.29, 1.82) is 0 Å². The van der Waals surface area contributed by atoms with E-state index in [1.54, 1.807) is 29.2 Å². The summed E-state index contributed by atoms with van der Waals surface area (Å²) in [6.07, 6.45) is 0.628. The molecule has 138 valence electrons. The van der Waals surface area contributed by atoms with E-state index in [0.29, 0.717) is 30.1 Å². The summed E-state index contributed by atoms with van der Waals surface area (Å²) in [6, 6.07) is 13.0. The van der Waals surface area contributed by atoms with Gasteiger partial charge in [-0.05, 0) is 36.8 Å². The Labute approximate surface area is 161 Å². The fourth-order valence-electron chi connectivity index (χ4n) is 3.85. The zero-order chi connectivity index (χ0) is 19.1. The lowest BCUT2D eigenvalue weighted by Crippen LogP contribution is -2.36. The van der Waals surface area contributed by atoms with Gasteiger partial charge in [-0.25, -0.2) is 0 Å². The molecule has 2 aromatic carbocycles. The van der Waals surface area contributed by atoms with Crippen molar-refractivity contribution >= 4 is 34.4 Å². The van der Waals surface area contributed by atoms with Crippen molar-refractivity contribution in [3.8, 4) is 0 Å². The number of aliphatic carboxylic acids is 1. The summed E-state index contributed by atoms with van der Waals surface area (Å²) in [5.41, 5.74) is 4.60. The van der Waals surface area contributed by atoms with E-state index < -0.39 is 5.97 Å². The molecule has 1 aliphatic heterocycles. The lowest BCUT2D eigenvalue weighted by Gasteiger charge is -2.28. The first-order valence-electron chi connectivity index (χ1n) is 8.81. The zero-order valence-electron chi connectivity index (χ0n) is 14.9. The van der Waals surface area contributed by atoms with Crippen LogP contribution in [0.2, 0.25) is 5.02 Å². The maximum Gasteiger partial charge on any atom is 0.323 e. The maximum atomic E-state index is 12.9. The normalized spacial score (nSPS) is 13.6. The third-order valence-corrected chi connectivity index (χ3v) is 5.30. The summed E-state index contributed by atoms with van der Waals surface area (Å²) >= 11 is 6.02. The Morgan fingerprint density at radius 1 is 1.19 bits per heavy atom. The highest BCUT2D eigenvalue weighted by atomic mass is 35.5.